The van der Waals surface area contributed by atoms with Crippen LogP contribution in [0, 0.1) is 11.3 Å². The summed E-state index contributed by atoms with van der Waals surface area (Å²) in [6, 6.07) is 0. The van der Waals surface area contributed by atoms with E-state index in [1.54, 1.807) is 7.11 Å². The molecule has 0 aromatic carbocycles. The molecule has 132 valence electrons. The number of hydrogen-bond acceptors (Lipinski definition) is 3. The van der Waals surface area contributed by atoms with Gasteiger partial charge in [0.2, 0.25) is 5.91 Å². The van der Waals surface area contributed by atoms with Gasteiger partial charge in [0.05, 0.1) is 6.61 Å². The predicted molar refractivity (Wildman–Crippen MR) is 92.4 cm³/mol. The van der Waals surface area contributed by atoms with Crippen LogP contribution < -0.4 is 0 Å². The molecule has 2 heterocycles. The van der Waals surface area contributed by atoms with E-state index in [0.29, 0.717) is 17.2 Å². The Labute approximate surface area is 141 Å². The maximum Gasteiger partial charge on any atom is 0.225 e. The van der Waals surface area contributed by atoms with Crippen molar-refractivity contribution in [3.63, 3.8) is 0 Å². The maximum atomic E-state index is 12.9. The number of nitrogens with zero attached hydrogens (tertiary/aromatic N) is 2. The first-order chi connectivity index (χ1) is 11.2. The summed E-state index contributed by atoms with van der Waals surface area (Å²) in [5.41, 5.74) is 0.409. The molecule has 0 aromatic rings. The zero-order valence-electron chi connectivity index (χ0n) is 14.9. The van der Waals surface area contributed by atoms with Gasteiger partial charge in [-0.1, -0.05) is 19.3 Å². The fourth-order valence-electron chi connectivity index (χ4n) is 4.88. The first-order valence-corrected chi connectivity index (χ1v) is 9.73. The summed E-state index contributed by atoms with van der Waals surface area (Å²) in [6.45, 7) is 6.27. The molecular weight excluding hydrogens is 288 g/mol. The molecule has 4 heteroatoms. The summed E-state index contributed by atoms with van der Waals surface area (Å²) in [5, 5.41) is 0. The van der Waals surface area contributed by atoms with E-state index in [4.69, 9.17) is 4.74 Å². The topological polar surface area (TPSA) is 32.8 Å². The summed E-state index contributed by atoms with van der Waals surface area (Å²) in [5.74, 6) is 0.811. The number of likely N-dealkylation sites (tertiary alicyclic amines) is 2. The lowest BCUT2D eigenvalue weighted by Crippen LogP contribution is -2.52. The number of carbonyl (C=O) groups excluding carboxylic acids is 1. The second-order valence-electron chi connectivity index (χ2n) is 8.03. The molecule has 0 unspecified atom stereocenters. The number of methoxy groups -OCH3 is 1. The van der Waals surface area contributed by atoms with Crippen molar-refractivity contribution in [2.24, 2.45) is 11.3 Å². The Morgan fingerprint density at radius 3 is 2.48 bits per heavy atom. The van der Waals surface area contributed by atoms with Crippen molar-refractivity contribution in [2.45, 2.75) is 57.8 Å². The highest BCUT2D eigenvalue weighted by Crippen LogP contribution is 2.40. The summed E-state index contributed by atoms with van der Waals surface area (Å²) in [7, 11) is 1.78. The second-order valence-corrected chi connectivity index (χ2v) is 8.03. The number of hydrogen-bond donors (Lipinski definition) is 0. The first kappa shape index (κ1) is 17.2. The molecule has 3 rings (SSSR count). The molecule has 2 saturated heterocycles. The van der Waals surface area contributed by atoms with Gasteiger partial charge in [0, 0.05) is 32.7 Å². The van der Waals surface area contributed by atoms with Gasteiger partial charge in [-0.3, -0.25) is 4.79 Å². The smallest absolute Gasteiger partial charge is 0.225 e. The Balaban J connectivity index is 1.53. The minimum atomic E-state index is 0.334. The quantitative estimate of drug-likeness (QED) is 0.798. The third kappa shape index (κ3) is 4.27. The molecule has 0 atom stereocenters. The summed E-state index contributed by atoms with van der Waals surface area (Å²) in [4.78, 5) is 17.6. The van der Waals surface area contributed by atoms with Crippen LogP contribution in [0.4, 0.5) is 0 Å². The van der Waals surface area contributed by atoms with Crippen molar-refractivity contribution in [1.82, 2.24) is 9.80 Å². The van der Waals surface area contributed by atoms with E-state index in [1.807, 2.05) is 0 Å². The van der Waals surface area contributed by atoms with Gasteiger partial charge in [0.1, 0.15) is 0 Å². The largest absolute Gasteiger partial charge is 0.383 e. The Hall–Kier alpha value is -0.610. The van der Waals surface area contributed by atoms with Gasteiger partial charge in [-0.2, -0.15) is 0 Å². The van der Waals surface area contributed by atoms with Crippen LogP contribution in [0.2, 0.25) is 0 Å². The average molecular weight is 322 g/mol. The Morgan fingerprint density at radius 2 is 1.78 bits per heavy atom. The lowest BCUT2D eigenvalue weighted by Gasteiger charge is -2.48. The van der Waals surface area contributed by atoms with Gasteiger partial charge >= 0.3 is 0 Å². The zero-order valence-corrected chi connectivity index (χ0v) is 14.9. The molecule has 0 N–H and O–H groups in total. The van der Waals surface area contributed by atoms with E-state index in [2.05, 4.69) is 9.80 Å². The van der Waals surface area contributed by atoms with Crippen molar-refractivity contribution >= 4 is 5.91 Å². The van der Waals surface area contributed by atoms with E-state index in [-0.39, 0.29) is 0 Å². The SMILES string of the molecule is COCCN1CCC2(CCCN(C(=O)C3CCCCC3)C2)CC1. The Bertz CT molecular complexity index is 385. The number of amides is 1. The summed E-state index contributed by atoms with van der Waals surface area (Å²) in [6.07, 6.45) is 11.1. The molecule has 3 aliphatic rings. The maximum absolute atomic E-state index is 12.9. The molecular formula is C19H34N2O2. The third-order valence-electron chi connectivity index (χ3n) is 6.46. The monoisotopic (exact) mass is 322 g/mol. The van der Waals surface area contributed by atoms with E-state index in [0.717, 1.165) is 39.1 Å². The van der Waals surface area contributed by atoms with E-state index in [1.165, 1.54) is 58.0 Å². The lowest BCUT2D eigenvalue weighted by atomic mass is 9.72. The van der Waals surface area contributed by atoms with Crippen molar-refractivity contribution in [3.8, 4) is 0 Å². The van der Waals surface area contributed by atoms with Gasteiger partial charge < -0.3 is 14.5 Å². The van der Waals surface area contributed by atoms with Gasteiger partial charge in [0.15, 0.2) is 0 Å². The molecule has 0 radical (unpaired) electrons. The fourth-order valence-corrected chi connectivity index (χ4v) is 4.88. The van der Waals surface area contributed by atoms with Gasteiger partial charge in [-0.05, 0) is 57.0 Å². The lowest BCUT2D eigenvalue weighted by molar-refractivity contribution is -0.141. The van der Waals surface area contributed by atoms with E-state index in [9.17, 15) is 4.79 Å². The first-order valence-electron chi connectivity index (χ1n) is 9.73. The minimum Gasteiger partial charge on any atom is -0.383 e. The van der Waals surface area contributed by atoms with Crippen molar-refractivity contribution in [3.05, 3.63) is 0 Å². The Kier molecular flexibility index (Phi) is 5.97. The normalized spacial score (nSPS) is 26.6. The van der Waals surface area contributed by atoms with Crippen molar-refractivity contribution in [1.29, 1.82) is 0 Å². The van der Waals surface area contributed by atoms with Crippen molar-refractivity contribution < 1.29 is 9.53 Å². The Morgan fingerprint density at radius 1 is 1.04 bits per heavy atom. The molecule has 1 saturated carbocycles. The van der Waals surface area contributed by atoms with Crippen LogP contribution in [-0.4, -0.2) is 62.1 Å². The van der Waals surface area contributed by atoms with E-state index >= 15 is 0 Å². The number of rotatable bonds is 4. The fraction of sp³-hybridized carbons (Fsp3) is 0.947. The highest BCUT2D eigenvalue weighted by atomic mass is 16.5. The number of piperidine rings is 2. The minimum absolute atomic E-state index is 0.334. The van der Waals surface area contributed by atoms with Crippen molar-refractivity contribution in [2.75, 3.05) is 46.4 Å². The van der Waals surface area contributed by atoms with E-state index < -0.39 is 0 Å². The van der Waals surface area contributed by atoms with Crippen LogP contribution in [0.5, 0.6) is 0 Å². The van der Waals surface area contributed by atoms with Gasteiger partial charge in [0.25, 0.3) is 0 Å². The molecule has 1 aliphatic carbocycles. The van der Waals surface area contributed by atoms with Crippen LogP contribution >= 0.6 is 0 Å². The average Bonchev–Trinajstić information content (AvgIpc) is 2.62. The van der Waals surface area contributed by atoms with Crippen LogP contribution in [-0.2, 0) is 9.53 Å². The highest BCUT2D eigenvalue weighted by molar-refractivity contribution is 5.79. The molecule has 23 heavy (non-hydrogen) atoms. The van der Waals surface area contributed by atoms with Gasteiger partial charge in [-0.15, -0.1) is 0 Å². The van der Waals surface area contributed by atoms with Gasteiger partial charge in [-0.25, -0.2) is 0 Å². The highest BCUT2D eigenvalue weighted by Gasteiger charge is 2.40. The van der Waals surface area contributed by atoms with Crippen LogP contribution in [0.15, 0.2) is 0 Å². The summed E-state index contributed by atoms with van der Waals surface area (Å²) < 4.78 is 5.20. The van der Waals surface area contributed by atoms with Crippen LogP contribution in [0.1, 0.15) is 57.8 Å². The summed E-state index contributed by atoms with van der Waals surface area (Å²) >= 11 is 0. The standard InChI is InChI=1S/C19H34N2O2/c1-23-15-14-20-12-9-19(10-13-20)8-5-11-21(16-19)18(22)17-6-3-2-4-7-17/h17H,2-16H2,1H3. The van der Waals surface area contributed by atoms with Crippen LogP contribution in [0.3, 0.4) is 0 Å². The molecule has 4 nitrogen and oxygen atoms in total. The molecule has 0 aromatic heterocycles. The molecule has 1 amide bonds. The second kappa shape index (κ2) is 7.98. The molecule has 0 bridgehead atoms. The molecule has 2 aliphatic heterocycles. The zero-order chi connectivity index (χ0) is 16.1. The number of ether oxygens (including phenoxy) is 1. The number of carbonyl (C=O) groups is 1. The predicted octanol–water partition coefficient (Wildman–Crippen LogP) is 2.92. The van der Waals surface area contributed by atoms with Crippen LogP contribution in [0.25, 0.3) is 0 Å². The third-order valence-corrected chi connectivity index (χ3v) is 6.46. The molecule has 3 fully saturated rings. The molecule has 1 spiro atoms.